The van der Waals surface area contributed by atoms with Gasteiger partial charge in [0.05, 0.1) is 0 Å². The van der Waals surface area contributed by atoms with Gasteiger partial charge in [-0.3, -0.25) is 4.98 Å². The van der Waals surface area contributed by atoms with Crippen LogP contribution in [0.15, 0.2) is 27.5 Å². The average Bonchev–Trinajstić information content (AvgIpc) is 2.97. The summed E-state index contributed by atoms with van der Waals surface area (Å²) in [5.41, 5.74) is 6.58. The first kappa shape index (κ1) is 13.7. The van der Waals surface area contributed by atoms with Gasteiger partial charge in [-0.25, -0.2) is 0 Å². The zero-order valence-corrected chi connectivity index (χ0v) is 12.7. The zero-order chi connectivity index (χ0) is 13.9. The van der Waals surface area contributed by atoms with E-state index >= 15 is 0 Å². The summed E-state index contributed by atoms with van der Waals surface area (Å²) in [5, 5.41) is 4.07. The van der Waals surface area contributed by atoms with Gasteiger partial charge in [-0.05, 0) is 60.1 Å². The van der Waals surface area contributed by atoms with Crippen LogP contribution in [0.3, 0.4) is 0 Å². The summed E-state index contributed by atoms with van der Waals surface area (Å²) in [6, 6.07) is 1.94. The maximum absolute atomic E-state index is 5.72. The molecule has 106 valence electrons. The van der Waals surface area contributed by atoms with Crippen molar-refractivity contribution >= 4 is 15.9 Å². The molecule has 2 aromatic heterocycles. The Kier molecular flexibility index (Phi) is 4.12. The van der Waals surface area contributed by atoms with E-state index in [4.69, 9.17) is 10.3 Å². The molecular weight excluding hydrogens is 320 g/mol. The minimum Gasteiger partial charge on any atom is -0.339 e. The molecule has 0 aliphatic heterocycles. The van der Waals surface area contributed by atoms with E-state index in [-0.39, 0.29) is 0 Å². The number of hydrogen-bond acceptors (Lipinski definition) is 5. The van der Waals surface area contributed by atoms with E-state index in [1.165, 1.54) is 0 Å². The van der Waals surface area contributed by atoms with Crippen LogP contribution in [0.25, 0.3) is 11.4 Å². The minimum absolute atomic E-state index is 0.374. The smallest absolute Gasteiger partial charge is 0.230 e. The number of nitrogens with two attached hydrogens (primary N) is 1. The Bertz CT molecular complexity index is 578. The largest absolute Gasteiger partial charge is 0.339 e. The van der Waals surface area contributed by atoms with E-state index in [1.807, 2.05) is 6.07 Å². The maximum Gasteiger partial charge on any atom is 0.230 e. The lowest BCUT2D eigenvalue weighted by Crippen LogP contribution is -2.20. The van der Waals surface area contributed by atoms with Gasteiger partial charge in [0.25, 0.3) is 0 Å². The van der Waals surface area contributed by atoms with Gasteiger partial charge in [0, 0.05) is 28.3 Å². The molecule has 3 rings (SSSR count). The molecule has 1 aliphatic rings. The van der Waals surface area contributed by atoms with Crippen molar-refractivity contribution in [2.24, 2.45) is 11.7 Å². The van der Waals surface area contributed by atoms with Crippen molar-refractivity contribution < 1.29 is 4.52 Å². The molecule has 2 aromatic rings. The summed E-state index contributed by atoms with van der Waals surface area (Å²) in [4.78, 5) is 8.65. The molecule has 1 saturated carbocycles. The van der Waals surface area contributed by atoms with E-state index in [1.54, 1.807) is 12.4 Å². The summed E-state index contributed by atoms with van der Waals surface area (Å²) in [6.07, 6.45) is 7.94. The summed E-state index contributed by atoms with van der Waals surface area (Å²) in [7, 11) is 0. The average molecular weight is 337 g/mol. The van der Waals surface area contributed by atoms with Gasteiger partial charge in [-0.15, -0.1) is 0 Å². The molecule has 0 spiro atoms. The third-order valence-electron chi connectivity index (χ3n) is 3.93. The van der Waals surface area contributed by atoms with Crippen molar-refractivity contribution in [2.45, 2.75) is 31.6 Å². The fraction of sp³-hybridized carbons (Fsp3) is 0.500. The standard InChI is InChI=1S/C14H17BrN4O/c15-12-5-11(7-17-8-12)13-18-14(20-19-13)10-3-1-9(6-16)2-4-10/h5,7-10H,1-4,6,16H2. The lowest BCUT2D eigenvalue weighted by atomic mass is 9.82. The fourth-order valence-corrected chi connectivity index (χ4v) is 3.06. The highest BCUT2D eigenvalue weighted by Crippen LogP contribution is 2.35. The van der Waals surface area contributed by atoms with E-state index in [0.29, 0.717) is 17.7 Å². The molecule has 0 unspecified atom stereocenters. The van der Waals surface area contributed by atoms with E-state index in [2.05, 4.69) is 31.1 Å². The molecule has 1 aliphatic carbocycles. The van der Waals surface area contributed by atoms with Gasteiger partial charge in [-0.2, -0.15) is 4.98 Å². The van der Waals surface area contributed by atoms with Crippen LogP contribution in [0.5, 0.6) is 0 Å². The molecular formula is C14H17BrN4O. The molecule has 2 N–H and O–H groups in total. The minimum atomic E-state index is 0.374. The first-order valence-corrected chi connectivity index (χ1v) is 7.70. The van der Waals surface area contributed by atoms with E-state index in [0.717, 1.165) is 48.2 Å². The second-order valence-corrected chi connectivity index (χ2v) is 6.22. The van der Waals surface area contributed by atoms with Crippen LogP contribution in [-0.2, 0) is 0 Å². The van der Waals surface area contributed by atoms with E-state index < -0.39 is 0 Å². The van der Waals surface area contributed by atoms with Crippen LogP contribution in [-0.4, -0.2) is 21.7 Å². The normalized spacial score (nSPS) is 22.9. The quantitative estimate of drug-likeness (QED) is 0.931. The summed E-state index contributed by atoms with van der Waals surface area (Å²) in [5.74, 6) is 2.38. The van der Waals surface area contributed by atoms with Crippen LogP contribution >= 0.6 is 15.9 Å². The molecule has 1 fully saturated rings. The summed E-state index contributed by atoms with van der Waals surface area (Å²) < 4.78 is 6.34. The number of halogens is 1. The van der Waals surface area contributed by atoms with Crippen molar-refractivity contribution in [1.82, 2.24) is 15.1 Å². The molecule has 0 atom stereocenters. The highest BCUT2D eigenvalue weighted by Gasteiger charge is 2.26. The Balaban J connectivity index is 1.74. The predicted molar refractivity (Wildman–Crippen MR) is 79.0 cm³/mol. The topological polar surface area (TPSA) is 77.8 Å². The second kappa shape index (κ2) is 6.01. The van der Waals surface area contributed by atoms with Gasteiger partial charge in [0.15, 0.2) is 0 Å². The lowest BCUT2D eigenvalue weighted by Gasteiger charge is -2.24. The maximum atomic E-state index is 5.72. The van der Waals surface area contributed by atoms with Crippen LogP contribution in [0.2, 0.25) is 0 Å². The van der Waals surface area contributed by atoms with Gasteiger partial charge in [-0.1, -0.05) is 5.16 Å². The fourth-order valence-electron chi connectivity index (χ4n) is 2.70. The Labute approximate surface area is 126 Å². The van der Waals surface area contributed by atoms with Gasteiger partial charge in [0.1, 0.15) is 0 Å². The van der Waals surface area contributed by atoms with Gasteiger partial charge in [0.2, 0.25) is 11.7 Å². The monoisotopic (exact) mass is 336 g/mol. The zero-order valence-electron chi connectivity index (χ0n) is 11.1. The number of hydrogen-bond donors (Lipinski definition) is 1. The molecule has 0 saturated heterocycles. The Morgan fingerprint density at radius 3 is 2.75 bits per heavy atom. The van der Waals surface area contributed by atoms with Crippen LogP contribution in [0, 0.1) is 5.92 Å². The highest BCUT2D eigenvalue weighted by atomic mass is 79.9. The Hall–Kier alpha value is -1.27. The van der Waals surface area contributed by atoms with Crippen LogP contribution < -0.4 is 5.73 Å². The Morgan fingerprint density at radius 1 is 1.25 bits per heavy atom. The molecule has 5 nitrogen and oxygen atoms in total. The third-order valence-corrected chi connectivity index (χ3v) is 4.37. The molecule has 6 heteroatoms. The molecule has 0 bridgehead atoms. The first-order valence-electron chi connectivity index (χ1n) is 6.91. The number of pyridine rings is 1. The van der Waals surface area contributed by atoms with Crippen molar-refractivity contribution in [3.8, 4) is 11.4 Å². The highest BCUT2D eigenvalue weighted by molar-refractivity contribution is 9.10. The van der Waals surface area contributed by atoms with Crippen molar-refractivity contribution in [3.63, 3.8) is 0 Å². The molecule has 2 heterocycles. The summed E-state index contributed by atoms with van der Waals surface area (Å²) in [6.45, 7) is 0.783. The predicted octanol–water partition coefficient (Wildman–Crippen LogP) is 3.13. The SMILES string of the molecule is NCC1CCC(c2nc(-c3cncc(Br)c3)no2)CC1. The number of rotatable bonds is 3. The van der Waals surface area contributed by atoms with Crippen molar-refractivity contribution in [3.05, 3.63) is 28.8 Å². The van der Waals surface area contributed by atoms with Crippen molar-refractivity contribution in [2.75, 3.05) is 6.54 Å². The lowest BCUT2D eigenvalue weighted by molar-refractivity contribution is 0.275. The van der Waals surface area contributed by atoms with E-state index in [9.17, 15) is 0 Å². The molecule has 0 radical (unpaired) electrons. The van der Waals surface area contributed by atoms with Crippen LogP contribution in [0.1, 0.15) is 37.5 Å². The van der Waals surface area contributed by atoms with Crippen LogP contribution in [0.4, 0.5) is 0 Å². The first-order chi connectivity index (χ1) is 9.76. The number of aromatic nitrogens is 3. The number of nitrogens with zero attached hydrogens (tertiary/aromatic N) is 3. The molecule has 20 heavy (non-hydrogen) atoms. The second-order valence-electron chi connectivity index (χ2n) is 5.30. The summed E-state index contributed by atoms with van der Waals surface area (Å²) >= 11 is 3.40. The van der Waals surface area contributed by atoms with Crippen molar-refractivity contribution in [1.29, 1.82) is 0 Å². The molecule has 0 aromatic carbocycles. The molecule has 0 amide bonds. The van der Waals surface area contributed by atoms with Gasteiger partial charge >= 0.3 is 0 Å². The van der Waals surface area contributed by atoms with Gasteiger partial charge < -0.3 is 10.3 Å². The third kappa shape index (κ3) is 2.91. The Morgan fingerprint density at radius 2 is 2.05 bits per heavy atom.